The third kappa shape index (κ3) is 4.57. The Kier molecular flexibility index (Phi) is 7.52. The average molecular weight is 488 g/mol. The van der Waals surface area contributed by atoms with Gasteiger partial charge in [0.25, 0.3) is 0 Å². The third-order valence-electron chi connectivity index (χ3n) is 12.6. The molecule has 2 N–H and O–H groups in total. The van der Waals surface area contributed by atoms with Gasteiger partial charge in [-0.1, -0.05) is 47.0 Å². The maximum Gasteiger partial charge on any atom is 0.407 e. The van der Waals surface area contributed by atoms with Gasteiger partial charge in [-0.25, -0.2) is 4.79 Å². The van der Waals surface area contributed by atoms with Crippen molar-refractivity contribution in [3.63, 3.8) is 0 Å². The van der Waals surface area contributed by atoms with Crippen LogP contribution in [0.3, 0.4) is 0 Å². The van der Waals surface area contributed by atoms with Crippen LogP contribution < -0.4 is 5.32 Å². The highest BCUT2D eigenvalue weighted by Gasteiger charge is 2.61. The highest BCUT2D eigenvalue weighted by Crippen LogP contribution is 2.69. The van der Waals surface area contributed by atoms with Gasteiger partial charge in [0.2, 0.25) is 0 Å². The van der Waals surface area contributed by atoms with E-state index in [0.29, 0.717) is 23.4 Å². The molecule has 0 aromatic heterocycles. The summed E-state index contributed by atoms with van der Waals surface area (Å²) < 4.78 is 5.58. The molecule has 1 amide bonds. The lowest BCUT2D eigenvalue weighted by molar-refractivity contribution is -0.138. The highest BCUT2D eigenvalue weighted by atomic mass is 16.5. The molecule has 4 nitrogen and oxygen atoms in total. The minimum atomic E-state index is -0.412. The Morgan fingerprint density at radius 1 is 0.971 bits per heavy atom. The van der Waals surface area contributed by atoms with Crippen molar-refractivity contribution in [2.24, 2.45) is 52.3 Å². The molecule has 0 spiro atoms. The number of carbonyl (C=O) groups excluding carboxylic acids is 1. The van der Waals surface area contributed by atoms with Crippen LogP contribution in [-0.4, -0.2) is 30.0 Å². The lowest BCUT2D eigenvalue weighted by atomic mass is 9.42. The third-order valence-corrected chi connectivity index (χ3v) is 12.6. The fourth-order valence-electron chi connectivity index (χ4n) is 10.8. The molecule has 35 heavy (non-hydrogen) atoms. The molecule has 11 atom stereocenters. The Balaban J connectivity index is 1.19. The molecule has 0 aliphatic heterocycles. The molecule has 0 radical (unpaired) electrons. The Hall–Kier alpha value is -0.770. The number of nitrogens with one attached hydrogen (secondary N) is 1. The predicted molar refractivity (Wildman–Crippen MR) is 141 cm³/mol. The van der Waals surface area contributed by atoms with E-state index in [1.807, 2.05) is 0 Å². The number of hydrogen-bond acceptors (Lipinski definition) is 3. The van der Waals surface area contributed by atoms with Crippen molar-refractivity contribution in [2.45, 2.75) is 130 Å². The van der Waals surface area contributed by atoms with Crippen LogP contribution in [0.25, 0.3) is 0 Å². The van der Waals surface area contributed by atoms with Crippen LogP contribution in [0.1, 0.15) is 118 Å². The molecular weight excluding hydrogens is 434 g/mol. The van der Waals surface area contributed by atoms with Crippen molar-refractivity contribution in [1.29, 1.82) is 0 Å². The molecule has 0 heterocycles. The van der Waals surface area contributed by atoms with Crippen molar-refractivity contribution in [2.75, 3.05) is 6.61 Å². The molecule has 0 bridgehead atoms. The second kappa shape index (κ2) is 10.2. The van der Waals surface area contributed by atoms with E-state index in [9.17, 15) is 9.90 Å². The Bertz CT molecular complexity index is 756. The van der Waals surface area contributed by atoms with Gasteiger partial charge in [0.15, 0.2) is 0 Å². The second-order valence-electron chi connectivity index (χ2n) is 14.0. The topological polar surface area (TPSA) is 58.6 Å². The molecule has 0 aromatic rings. The van der Waals surface area contributed by atoms with Crippen molar-refractivity contribution in [1.82, 2.24) is 5.32 Å². The van der Waals surface area contributed by atoms with Crippen LogP contribution in [0.5, 0.6) is 0 Å². The quantitative estimate of drug-likeness (QED) is 0.412. The summed E-state index contributed by atoms with van der Waals surface area (Å²) in [4.78, 5) is 12.3. The van der Waals surface area contributed by atoms with E-state index in [4.69, 9.17) is 4.74 Å². The zero-order chi connectivity index (χ0) is 24.8. The van der Waals surface area contributed by atoms with Gasteiger partial charge in [0.1, 0.15) is 0 Å². The standard InChI is InChI=1S/C31H53NO3/c1-5-21-19-22-25-13-12-23(20(2)15-18-35-29(34)32-27-10-8-11-28(27)33)31(25,4)17-14-26(22)30(3)16-7-6-9-24(21)30/h20-28,33H,5-19H2,1-4H3,(H,32,34)/t20-,21+,22?,23?,24?,25?,26+,27?,28?,30?,31?/m1/s1. The van der Waals surface area contributed by atoms with E-state index in [1.54, 1.807) is 0 Å². The first-order valence-electron chi connectivity index (χ1n) is 15.4. The number of amides is 1. The molecule has 5 fully saturated rings. The average Bonchev–Trinajstić information content (AvgIpc) is 3.40. The van der Waals surface area contributed by atoms with Crippen LogP contribution in [-0.2, 0) is 4.74 Å². The lowest BCUT2D eigenvalue weighted by Gasteiger charge is -2.63. The molecule has 5 aliphatic rings. The summed E-state index contributed by atoms with van der Waals surface area (Å²) in [5.74, 6) is 6.08. The fraction of sp³-hybridized carbons (Fsp3) is 0.968. The number of aliphatic hydroxyl groups is 1. The number of alkyl carbamates (subject to hydrolysis) is 1. The number of rotatable bonds is 6. The summed E-state index contributed by atoms with van der Waals surface area (Å²) in [5.41, 5.74) is 1.06. The molecule has 4 heteroatoms. The zero-order valence-electron chi connectivity index (χ0n) is 23.1. The minimum absolute atomic E-state index is 0.127. The van der Waals surface area contributed by atoms with Crippen molar-refractivity contribution in [3.05, 3.63) is 0 Å². The molecule has 5 aliphatic carbocycles. The van der Waals surface area contributed by atoms with Crippen LogP contribution in [0.2, 0.25) is 0 Å². The number of aliphatic hydroxyl groups excluding tert-OH is 1. The van der Waals surface area contributed by atoms with Crippen molar-refractivity contribution < 1.29 is 14.6 Å². The summed E-state index contributed by atoms with van der Waals surface area (Å²) in [6, 6.07) is -0.127. The number of fused-ring (bicyclic) bond motifs is 5. The molecule has 0 saturated heterocycles. The Morgan fingerprint density at radius 2 is 1.77 bits per heavy atom. The van der Waals surface area contributed by atoms with E-state index >= 15 is 0 Å². The molecule has 8 unspecified atom stereocenters. The minimum Gasteiger partial charge on any atom is -0.450 e. The zero-order valence-corrected chi connectivity index (χ0v) is 23.1. The van der Waals surface area contributed by atoms with Crippen molar-refractivity contribution in [3.8, 4) is 0 Å². The van der Waals surface area contributed by atoms with Gasteiger partial charge < -0.3 is 15.2 Å². The van der Waals surface area contributed by atoms with Gasteiger partial charge in [-0.05, 0) is 123 Å². The summed E-state index contributed by atoms with van der Waals surface area (Å²) >= 11 is 0. The van der Waals surface area contributed by atoms with Gasteiger partial charge >= 0.3 is 6.09 Å². The van der Waals surface area contributed by atoms with Crippen LogP contribution in [0.4, 0.5) is 4.79 Å². The fourth-order valence-corrected chi connectivity index (χ4v) is 10.8. The first-order chi connectivity index (χ1) is 16.8. The van der Waals surface area contributed by atoms with Gasteiger partial charge in [0, 0.05) is 0 Å². The summed E-state index contributed by atoms with van der Waals surface area (Å²) in [7, 11) is 0. The molecule has 200 valence electrons. The van der Waals surface area contributed by atoms with Gasteiger partial charge in [0.05, 0.1) is 18.8 Å². The first-order valence-corrected chi connectivity index (χ1v) is 15.4. The Morgan fingerprint density at radius 3 is 2.51 bits per heavy atom. The maximum atomic E-state index is 12.3. The van der Waals surface area contributed by atoms with Crippen LogP contribution in [0, 0.1) is 52.3 Å². The summed E-state index contributed by atoms with van der Waals surface area (Å²) in [6.07, 6.45) is 17.2. The van der Waals surface area contributed by atoms with Gasteiger partial charge in [-0.15, -0.1) is 0 Å². The summed E-state index contributed by atoms with van der Waals surface area (Å²) in [6.45, 7) is 10.7. The van der Waals surface area contributed by atoms with Crippen LogP contribution in [0.15, 0.2) is 0 Å². The highest BCUT2D eigenvalue weighted by molar-refractivity contribution is 5.67. The number of ether oxygens (including phenoxy) is 1. The van der Waals surface area contributed by atoms with Gasteiger partial charge in [-0.3, -0.25) is 0 Å². The monoisotopic (exact) mass is 487 g/mol. The first kappa shape index (κ1) is 25.9. The largest absolute Gasteiger partial charge is 0.450 e. The lowest BCUT2D eigenvalue weighted by Crippen LogP contribution is -2.55. The number of carbonyl (C=O) groups is 1. The van der Waals surface area contributed by atoms with Crippen molar-refractivity contribution >= 4 is 6.09 Å². The van der Waals surface area contributed by atoms with Crippen LogP contribution >= 0.6 is 0 Å². The summed E-state index contributed by atoms with van der Waals surface area (Å²) in [5, 5.41) is 12.8. The second-order valence-corrected chi connectivity index (χ2v) is 14.0. The van der Waals surface area contributed by atoms with Gasteiger partial charge in [-0.2, -0.15) is 0 Å². The van der Waals surface area contributed by atoms with E-state index in [1.165, 1.54) is 64.2 Å². The maximum absolute atomic E-state index is 12.3. The van der Waals surface area contributed by atoms with E-state index in [0.717, 1.165) is 61.2 Å². The molecule has 5 rings (SSSR count). The SMILES string of the molecule is CC[C@H]1CC2C3CCC([C@H](C)CCOC(=O)NC4CCCC4O)C3(C)CC[C@@H]2C2(C)CCCCC12. The molecule has 0 aromatic carbocycles. The number of hydrogen-bond donors (Lipinski definition) is 2. The van der Waals surface area contributed by atoms with E-state index < -0.39 is 6.10 Å². The molecule has 5 saturated carbocycles. The molecular formula is C31H53NO3. The Labute approximate surface area is 214 Å². The smallest absolute Gasteiger partial charge is 0.407 e. The normalized spacial score (nSPS) is 47.9. The predicted octanol–water partition coefficient (Wildman–Crippen LogP) is 7.34. The van der Waals surface area contributed by atoms with E-state index in [2.05, 4.69) is 33.0 Å². The van der Waals surface area contributed by atoms with E-state index in [-0.39, 0.29) is 12.1 Å².